The highest BCUT2D eigenvalue weighted by Gasteiger charge is 2.19. The van der Waals surface area contributed by atoms with Crippen molar-refractivity contribution in [3.8, 4) is 11.8 Å². The van der Waals surface area contributed by atoms with Crippen molar-refractivity contribution < 1.29 is 15.0 Å². The van der Waals surface area contributed by atoms with E-state index >= 15 is 0 Å². The second-order valence-corrected chi connectivity index (χ2v) is 10.2. The molecule has 0 atom stereocenters. The van der Waals surface area contributed by atoms with Gasteiger partial charge in [-0.05, 0) is 49.2 Å². The van der Waals surface area contributed by atoms with Gasteiger partial charge in [-0.25, -0.2) is 4.79 Å². The lowest BCUT2D eigenvalue weighted by Crippen LogP contribution is -1.98. The third-order valence-electron chi connectivity index (χ3n) is 7.17. The van der Waals surface area contributed by atoms with Crippen molar-refractivity contribution in [2.24, 2.45) is 20.5 Å². The standard InChI is InChI=1S/C33H28N6O3/c1-21-13-15-27-25(17-21)29(31(40)38(27)19-23-9-5-3-6-10-23)34-36-33(42)37-35-30-26-18-22(2)14-16-28(26)39(32(30)41)20-24-11-7-4-8-12-24/h3-18,40-41H,19-20H2,1-2H3. The molecule has 9 nitrogen and oxygen atoms in total. The van der Waals surface area contributed by atoms with Gasteiger partial charge in [0.2, 0.25) is 11.8 Å². The molecular formula is C33H28N6O3. The Morgan fingerprint density at radius 2 is 1.02 bits per heavy atom. The smallest absolute Gasteiger partial charge is 0.404 e. The minimum atomic E-state index is -0.970. The molecule has 6 rings (SSSR count). The summed E-state index contributed by atoms with van der Waals surface area (Å²) in [4.78, 5) is 12.7. The minimum Gasteiger partial charge on any atom is -0.493 e. The van der Waals surface area contributed by atoms with Crippen molar-refractivity contribution in [1.82, 2.24) is 9.13 Å². The summed E-state index contributed by atoms with van der Waals surface area (Å²) in [5.41, 5.74) is 5.81. The van der Waals surface area contributed by atoms with Gasteiger partial charge in [-0.3, -0.25) is 0 Å². The van der Waals surface area contributed by atoms with Gasteiger partial charge in [-0.1, -0.05) is 94.2 Å². The molecule has 0 aliphatic rings. The molecule has 0 aliphatic heterocycles. The summed E-state index contributed by atoms with van der Waals surface area (Å²) in [6.45, 7) is 4.71. The first-order valence-corrected chi connectivity index (χ1v) is 13.5. The van der Waals surface area contributed by atoms with E-state index in [-0.39, 0.29) is 23.1 Å². The van der Waals surface area contributed by atoms with Gasteiger partial charge in [-0.15, -0.1) is 10.2 Å². The number of aromatic nitrogens is 2. The molecule has 2 N–H and O–H groups in total. The molecule has 2 aromatic heterocycles. The first kappa shape index (κ1) is 26.6. The van der Waals surface area contributed by atoms with Gasteiger partial charge in [0.05, 0.1) is 24.1 Å². The fourth-order valence-electron chi connectivity index (χ4n) is 5.13. The Balaban J connectivity index is 1.32. The number of carbonyl (C=O) groups excluding carboxylic acids is 1. The fraction of sp³-hybridized carbons (Fsp3) is 0.121. The van der Waals surface area contributed by atoms with Crippen LogP contribution in [0.3, 0.4) is 0 Å². The van der Waals surface area contributed by atoms with Crippen LogP contribution in [0.15, 0.2) is 118 Å². The maximum absolute atomic E-state index is 12.7. The van der Waals surface area contributed by atoms with Crippen LogP contribution in [0.4, 0.5) is 16.2 Å². The zero-order valence-electron chi connectivity index (χ0n) is 23.1. The fourth-order valence-corrected chi connectivity index (χ4v) is 5.13. The number of benzene rings is 4. The number of hydrogen-bond donors (Lipinski definition) is 2. The number of aryl methyl sites for hydroxylation is 2. The predicted octanol–water partition coefficient (Wildman–Crippen LogP) is 8.71. The van der Waals surface area contributed by atoms with E-state index in [0.717, 1.165) is 33.3 Å². The monoisotopic (exact) mass is 556 g/mol. The molecule has 0 saturated carbocycles. The molecule has 42 heavy (non-hydrogen) atoms. The Morgan fingerprint density at radius 3 is 1.43 bits per heavy atom. The number of amides is 2. The van der Waals surface area contributed by atoms with Crippen LogP contribution in [0.2, 0.25) is 0 Å². The van der Waals surface area contributed by atoms with Crippen LogP contribution in [-0.4, -0.2) is 25.4 Å². The zero-order chi connectivity index (χ0) is 29.2. The second-order valence-electron chi connectivity index (χ2n) is 10.2. The highest BCUT2D eigenvalue weighted by molar-refractivity contribution is 5.97. The van der Waals surface area contributed by atoms with Crippen LogP contribution in [-0.2, 0) is 13.1 Å². The summed E-state index contributed by atoms with van der Waals surface area (Å²) in [5, 5.41) is 39.2. The van der Waals surface area contributed by atoms with Gasteiger partial charge in [0, 0.05) is 10.8 Å². The third kappa shape index (κ3) is 5.15. The molecule has 0 aliphatic carbocycles. The molecule has 2 heterocycles. The van der Waals surface area contributed by atoms with Gasteiger partial charge >= 0.3 is 6.03 Å². The maximum Gasteiger partial charge on any atom is 0.404 e. The normalized spacial score (nSPS) is 11.9. The molecule has 208 valence electrons. The van der Waals surface area contributed by atoms with E-state index in [9.17, 15) is 15.0 Å². The number of hydrogen-bond acceptors (Lipinski definition) is 5. The van der Waals surface area contributed by atoms with Crippen LogP contribution in [0.1, 0.15) is 22.3 Å². The number of nitrogens with zero attached hydrogens (tertiary/aromatic N) is 6. The summed E-state index contributed by atoms with van der Waals surface area (Å²) >= 11 is 0. The lowest BCUT2D eigenvalue weighted by Gasteiger charge is -2.07. The molecule has 0 saturated heterocycles. The van der Waals surface area contributed by atoms with Gasteiger partial charge in [0.25, 0.3) is 0 Å². The van der Waals surface area contributed by atoms with E-state index in [1.165, 1.54) is 0 Å². The average Bonchev–Trinajstić information content (AvgIpc) is 3.40. The number of urea groups is 1. The van der Waals surface area contributed by atoms with E-state index in [0.29, 0.717) is 23.9 Å². The average molecular weight is 557 g/mol. The lowest BCUT2D eigenvalue weighted by molar-refractivity contribution is 0.254. The molecule has 4 aromatic carbocycles. The minimum absolute atomic E-state index is 0.106. The van der Waals surface area contributed by atoms with Gasteiger partial charge in [-0.2, -0.15) is 0 Å². The highest BCUT2D eigenvalue weighted by atomic mass is 16.3. The van der Waals surface area contributed by atoms with E-state index in [4.69, 9.17) is 0 Å². The van der Waals surface area contributed by atoms with Crippen molar-refractivity contribution >= 4 is 39.2 Å². The second kappa shape index (κ2) is 11.1. The van der Waals surface area contributed by atoms with E-state index in [1.807, 2.05) is 111 Å². The Labute approximate surface area is 241 Å². The molecule has 0 bridgehead atoms. The van der Waals surface area contributed by atoms with Gasteiger partial charge in [0.15, 0.2) is 11.4 Å². The first-order chi connectivity index (χ1) is 20.4. The molecule has 9 heteroatoms. The summed E-state index contributed by atoms with van der Waals surface area (Å²) in [6, 6.07) is 30.0. The Bertz CT molecular complexity index is 1850. The van der Waals surface area contributed by atoms with Gasteiger partial charge < -0.3 is 19.3 Å². The molecule has 2 amide bonds. The molecule has 6 aromatic rings. The van der Waals surface area contributed by atoms with Crippen molar-refractivity contribution in [2.75, 3.05) is 0 Å². The van der Waals surface area contributed by atoms with Crippen LogP contribution in [0.25, 0.3) is 21.8 Å². The quantitative estimate of drug-likeness (QED) is 0.200. The number of fused-ring (bicyclic) bond motifs is 2. The molecule has 0 radical (unpaired) electrons. The topological polar surface area (TPSA) is 117 Å². The number of rotatable bonds is 6. The van der Waals surface area contributed by atoms with Crippen molar-refractivity contribution in [1.29, 1.82) is 0 Å². The summed E-state index contributed by atoms with van der Waals surface area (Å²) in [6.07, 6.45) is 0. The highest BCUT2D eigenvalue weighted by Crippen LogP contribution is 2.41. The molecule has 0 spiro atoms. The van der Waals surface area contributed by atoms with Crippen molar-refractivity contribution in [3.63, 3.8) is 0 Å². The van der Waals surface area contributed by atoms with E-state index < -0.39 is 6.03 Å². The van der Waals surface area contributed by atoms with Crippen LogP contribution < -0.4 is 0 Å². The lowest BCUT2D eigenvalue weighted by atomic mass is 10.1. The van der Waals surface area contributed by atoms with Crippen LogP contribution >= 0.6 is 0 Å². The summed E-state index contributed by atoms with van der Waals surface area (Å²) in [7, 11) is 0. The van der Waals surface area contributed by atoms with E-state index in [1.54, 1.807) is 9.13 Å². The van der Waals surface area contributed by atoms with Crippen LogP contribution in [0.5, 0.6) is 11.8 Å². The number of azo groups is 2. The first-order valence-electron chi connectivity index (χ1n) is 13.5. The zero-order valence-corrected chi connectivity index (χ0v) is 23.1. The predicted molar refractivity (Wildman–Crippen MR) is 162 cm³/mol. The Kier molecular flexibility index (Phi) is 7.06. The summed E-state index contributed by atoms with van der Waals surface area (Å²) in [5.74, 6) is -0.213. The van der Waals surface area contributed by atoms with Gasteiger partial charge in [0.1, 0.15) is 0 Å². The Morgan fingerprint density at radius 1 is 0.619 bits per heavy atom. The maximum atomic E-state index is 12.7. The number of aromatic hydroxyl groups is 2. The van der Waals surface area contributed by atoms with E-state index in [2.05, 4.69) is 20.5 Å². The third-order valence-corrected chi connectivity index (χ3v) is 7.17. The number of carbonyl (C=O) groups is 1. The van der Waals surface area contributed by atoms with Crippen molar-refractivity contribution in [3.05, 3.63) is 119 Å². The largest absolute Gasteiger partial charge is 0.493 e. The molecular weight excluding hydrogens is 528 g/mol. The van der Waals surface area contributed by atoms with Crippen molar-refractivity contribution in [2.45, 2.75) is 26.9 Å². The SMILES string of the molecule is Cc1ccc2c(c1)c(N=NC(=O)N=Nc1c(O)n(Cc3ccccc3)c3ccc(C)cc13)c(O)n2Cc1ccccc1. The summed E-state index contributed by atoms with van der Waals surface area (Å²) < 4.78 is 3.46. The molecule has 0 fully saturated rings. The Hall–Kier alpha value is -5.57. The van der Waals surface area contributed by atoms with Crippen LogP contribution in [0, 0.1) is 13.8 Å². The molecule has 0 unspecified atom stereocenters.